The van der Waals surface area contributed by atoms with Crippen molar-refractivity contribution in [2.24, 2.45) is 5.73 Å². The van der Waals surface area contributed by atoms with Gasteiger partial charge in [-0.25, -0.2) is 8.78 Å². The van der Waals surface area contributed by atoms with Crippen LogP contribution in [0, 0.1) is 5.82 Å². The van der Waals surface area contributed by atoms with E-state index in [1.807, 2.05) is 0 Å². The molecule has 4 rings (SSSR count). The minimum Gasteiger partial charge on any atom is -0.495 e. The Labute approximate surface area is 177 Å². The molecule has 3 aromatic rings. The first-order valence-corrected chi connectivity index (χ1v) is 9.73. The Kier molecular flexibility index (Phi) is 5.50. The van der Waals surface area contributed by atoms with Gasteiger partial charge in [-0.2, -0.15) is 0 Å². The van der Waals surface area contributed by atoms with Gasteiger partial charge in [-0.15, -0.1) is 10.2 Å². The SMILES string of the molecule is COc1c(C(N)=O)cccc1-c1ccc(NC[C@]2(c3ncccc3F)C[C@H](F)C2)nn1. The van der Waals surface area contributed by atoms with Gasteiger partial charge < -0.3 is 15.8 Å². The largest absolute Gasteiger partial charge is 0.495 e. The smallest absolute Gasteiger partial charge is 0.252 e. The summed E-state index contributed by atoms with van der Waals surface area (Å²) in [5.41, 5.74) is 6.24. The van der Waals surface area contributed by atoms with Crippen molar-refractivity contribution in [2.45, 2.75) is 24.4 Å². The van der Waals surface area contributed by atoms with E-state index in [9.17, 15) is 13.6 Å². The van der Waals surface area contributed by atoms with Crippen molar-refractivity contribution in [1.29, 1.82) is 0 Å². The number of primary amides is 1. The fourth-order valence-corrected chi connectivity index (χ4v) is 3.97. The van der Waals surface area contributed by atoms with E-state index in [4.69, 9.17) is 10.5 Å². The van der Waals surface area contributed by atoms with Crippen molar-refractivity contribution in [2.75, 3.05) is 19.0 Å². The van der Waals surface area contributed by atoms with E-state index in [2.05, 4.69) is 20.5 Å². The molecule has 9 heteroatoms. The molecule has 0 atom stereocenters. The predicted octanol–water partition coefficient (Wildman–Crippen LogP) is 3.27. The van der Waals surface area contributed by atoms with Crippen LogP contribution in [0.4, 0.5) is 14.6 Å². The van der Waals surface area contributed by atoms with Crippen LogP contribution in [0.5, 0.6) is 5.75 Å². The van der Waals surface area contributed by atoms with E-state index in [0.717, 1.165) is 0 Å². The molecule has 0 radical (unpaired) electrons. The number of halogens is 2. The van der Waals surface area contributed by atoms with E-state index < -0.39 is 23.3 Å². The minimum absolute atomic E-state index is 0.191. The fourth-order valence-electron chi connectivity index (χ4n) is 3.97. The number of carbonyl (C=O) groups is 1. The first-order chi connectivity index (χ1) is 14.9. The maximum Gasteiger partial charge on any atom is 0.252 e. The lowest BCUT2D eigenvalue weighted by Crippen LogP contribution is -2.49. The maximum absolute atomic E-state index is 14.3. The number of nitrogens with zero attached hydrogens (tertiary/aromatic N) is 3. The molecule has 31 heavy (non-hydrogen) atoms. The summed E-state index contributed by atoms with van der Waals surface area (Å²) in [7, 11) is 1.45. The Morgan fingerprint density at radius 2 is 2.03 bits per heavy atom. The lowest BCUT2D eigenvalue weighted by atomic mass is 9.65. The second kappa shape index (κ2) is 8.25. The molecule has 1 aliphatic carbocycles. The van der Waals surface area contributed by atoms with Crippen molar-refractivity contribution in [3.8, 4) is 17.0 Å². The molecule has 1 saturated carbocycles. The molecule has 2 aromatic heterocycles. The second-order valence-electron chi connectivity index (χ2n) is 7.53. The summed E-state index contributed by atoms with van der Waals surface area (Å²) < 4.78 is 33.3. The van der Waals surface area contributed by atoms with E-state index in [0.29, 0.717) is 22.8 Å². The van der Waals surface area contributed by atoms with E-state index in [-0.39, 0.29) is 30.6 Å². The normalized spacial score (nSPS) is 20.0. The van der Waals surface area contributed by atoms with Crippen molar-refractivity contribution in [3.05, 3.63) is 65.7 Å². The number of anilines is 1. The number of ether oxygens (including phenoxy) is 1. The number of benzene rings is 1. The first kappa shape index (κ1) is 20.6. The molecule has 0 saturated heterocycles. The molecule has 160 valence electrons. The highest BCUT2D eigenvalue weighted by atomic mass is 19.1. The summed E-state index contributed by atoms with van der Waals surface area (Å²) in [6.45, 7) is 0.274. The summed E-state index contributed by atoms with van der Waals surface area (Å²) in [6.07, 6.45) is 0.905. The first-order valence-electron chi connectivity index (χ1n) is 9.73. The molecular weight excluding hydrogens is 404 g/mol. The Morgan fingerprint density at radius 1 is 1.23 bits per heavy atom. The molecular formula is C22H21F2N5O2. The molecule has 1 fully saturated rings. The summed E-state index contributed by atoms with van der Waals surface area (Å²) in [6, 6.07) is 11.3. The monoisotopic (exact) mass is 425 g/mol. The molecule has 0 unspecified atom stereocenters. The van der Waals surface area contributed by atoms with Gasteiger partial charge in [0.15, 0.2) is 0 Å². The van der Waals surface area contributed by atoms with Crippen LogP contribution in [-0.2, 0) is 5.41 Å². The van der Waals surface area contributed by atoms with Crippen LogP contribution >= 0.6 is 0 Å². The number of hydrogen-bond donors (Lipinski definition) is 2. The van der Waals surface area contributed by atoms with Gasteiger partial charge in [0.05, 0.1) is 24.1 Å². The number of carbonyl (C=O) groups excluding carboxylic acids is 1. The summed E-state index contributed by atoms with van der Waals surface area (Å²) >= 11 is 0. The van der Waals surface area contributed by atoms with Gasteiger partial charge in [0.2, 0.25) is 0 Å². The molecule has 0 spiro atoms. The summed E-state index contributed by atoms with van der Waals surface area (Å²) in [5.74, 6) is -0.285. The molecule has 1 aromatic carbocycles. The zero-order valence-electron chi connectivity index (χ0n) is 16.8. The number of methoxy groups -OCH3 is 1. The van der Waals surface area contributed by atoms with E-state index >= 15 is 0 Å². The molecule has 1 amide bonds. The van der Waals surface area contributed by atoms with Crippen LogP contribution in [0.2, 0.25) is 0 Å². The van der Waals surface area contributed by atoms with Gasteiger partial charge in [0.25, 0.3) is 5.91 Å². The van der Waals surface area contributed by atoms with E-state index in [1.54, 1.807) is 30.3 Å². The Hall–Kier alpha value is -3.62. The average molecular weight is 425 g/mol. The molecule has 7 nitrogen and oxygen atoms in total. The minimum atomic E-state index is -0.985. The van der Waals surface area contributed by atoms with Crippen LogP contribution in [0.3, 0.4) is 0 Å². The Balaban J connectivity index is 1.54. The molecule has 1 aliphatic rings. The Bertz CT molecular complexity index is 1100. The predicted molar refractivity (Wildman–Crippen MR) is 111 cm³/mol. The fraction of sp³-hybridized carbons (Fsp3) is 0.273. The molecule has 3 N–H and O–H groups in total. The second-order valence-corrected chi connectivity index (χ2v) is 7.53. The number of hydrogen-bond acceptors (Lipinski definition) is 6. The van der Waals surface area contributed by atoms with Crippen LogP contribution in [0.15, 0.2) is 48.7 Å². The van der Waals surface area contributed by atoms with Crippen molar-refractivity contribution < 1.29 is 18.3 Å². The third-order valence-electron chi connectivity index (χ3n) is 5.52. The Morgan fingerprint density at radius 3 is 2.65 bits per heavy atom. The summed E-state index contributed by atoms with van der Waals surface area (Å²) in [4.78, 5) is 15.8. The lowest BCUT2D eigenvalue weighted by molar-refractivity contribution is 0.0963. The molecule has 0 bridgehead atoms. The van der Waals surface area contributed by atoms with Gasteiger partial charge in [-0.3, -0.25) is 9.78 Å². The lowest BCUT2D eigenvalue weighted by Gasteiger charge is -2.44. The zero-order valence-corrected chi connectivity index (χ0v) is 16.8. The number of nitrogens with one attached hydrogen (secondary N) is 1. The van der Waals surface area contributed by atoms with Crippen LogP contribution in [0.1, 0.15) is 28.9 Å². The number of amides is 1. The van der Waals surface area contributed by atoms with Crippen LogP contribution in [0.25, 0.3) is 11.3 Å². The summed E-state index contributed by atoms with van der Waals surface area (Å²) in [5, 5.41) is 11.5. The van der Waals surface area contributed by atoms with Crippen molar-refractivity contribution in [1.82, 2.24) is 15.2 Å². The molecule has 2 heterocycles. The van der Waals surface area contributed by atoms with Gasteiger partial charge in [-0.1, -0.05) is 6.07 Å². The van der Waals surface area contributed by atoms with Crippen molar-refractivity contribution in [3.63, 3.8) is 0 Å². The zero-order chi connectivity index (χ0) is 22.0. The van der Waals surface area contributed by atoms with Crippen molar-refractivity contribution >= 4 is 11.7 Å². The third kappa shape index (κ3) is 3.90. The van der Waals surface area contributed by atoms with Crippen LogP contribution in [-0.4, -0.2) is 40.9 Å². The van der Waals surface area contributed by atoms with Gasteiger partial charge in [0, 0.05) is 23.7 Å². The third-order valence-corrected chi connectivity index (χ3v) is 5.52. The quantitative estimate of drug-likeness (QED) is 0.602. The van der Waals surface area contributed by atoms with E-state index in [1.165, 1.54) is 25.4 Å². The van der Waals surface area contributed by atoms with Gasteiger partial charge in [-0.05, 0) is 49.2 Å². The average Bonchev–Trinajstić information content (AvgIpc) is 2.76. The number of para-hydroxylation sites is 1. The highest BCUT2D eigenvalue weighted by Gasteiger charge is 2.48. The van der Waals surface area contributed by atoms with Gasteiger partial charge >= 0.3 is 0 Å². The number of aromatic nitrogens is 3. The standard InChI is InChI=1S/C22H21F2N5O2/c1-31-19-14(4-2-5-15(19)21(25)30)17-7-8-18(29-28-17)27-12-22(10-13(23)11-22)20-16(24)6-3-9-26-20/h2-9,13H,10-12H2,1H3,(H2,25,30)(H,27,29)/t13-,22-. The topological polar surface area (TPSA) is 103 Å². The number of pyridine rings is 1. The number of nitrogens with two attached hydrogens (primary N) is 1. The van der Waals surface area contributed by atoms with Crippen LogP contribution < -0.4 is 15.8 Å². The highest BCUT2D eigenvalue weighted by molar-refractivity contribution is 5.98. The highest BCUT2D eigenvalue weighted by Crippen LogP contribution is 2.45. The van der Waals surface area contributed by atoms with Gasteiger partial charge in [0.1, 0.15) is 23.6 Å². The number of alkyl halides is 1. The number of rotatable bonds is 7. The maximum atomic E-state index is 14.3. The molecule has 0 aliphatic heterocycles.